The topological polar surface area (TPSA) is 17.1 Å². The molecular formula is C7H9ClO. The molecule has 0 fully saturated rings. The largest absolute Gasteiger partial charge is 0.294 e. The predicted molar refractivity (Wildman–Crippen MR) is 38.7 cm³/mol. The summed E-state index contributed by atoms with van der Waals surface area (Å²) in [6.07, 6.45) is 2.58. The lowest BCUT2D eigenvalue weighted by molar-refractivity contribution is -0.114. The van der Waals surface area contributed by atoms with E-state index in [0.29, 0.717) is 12.3 Å². The Balaban J connectivity index is 3.39. The van der Waals surface area contributed by atoms with Gasteiger partial charge in [0.15, 0.2) is 5.78 Å². The second-order valence-electron chi connectivity index (χ2n) is 1.61. The third-order valence-electron chi connectivity index (χ3n) is 0.820. The number of rotatable bonds is 4. The summed E-state index contributed by atoms with van der Waals surface area (Å²) in [6.45, 7) is 3.27. The van der Waals surface area contributed by atoms with Gasteiger partial charge in [0.1, 0.15) is 0 Å². The first-order valence-corrected chi connectivity index (χ1v) is 3.29. The highest BCUT2D eigenvalue weighted by molar-refractivity contribution is 6.18. The van der Waals surface area contributed by atoms with Crippen LogP contribution in [-0.4, -0.2) is 11.7 Å². The number of ketones is 1. The van der Waals surface area contributed by atoms with Gasteiger partial charge in [-0.1, -0.05) is 6.58 Å². The molecule has 1 nitrogen and oxygen atoms in total. The SMILES string of the molecule is C=C=CC(=O)CCCCl. The maximum Gasteiger partial charge on any atom is 0.163 e. The van der Waals surface area contributed by atoms with E-state index in [-0.39, 0.29) is 5.78 Å². The molecule has 0 saturated heterocycles. The minimum atomic E-state index is 0.0469. The van der Waals surface area contributed by atoms with Crippen molar-refractivity contribution in [1.82, 2.24) is 0 Å². The Morgan fingerprint density at radius 1 is 1.78 bits per heavy atom. The van der Waals surface area contributed by atoms with E-state index < -0.39 is 0 Å². The van der Waals surface area contributed by atoms with Crippen LogP contribution in [0.2, 0.25) is 0 Å². The molecule has 0 aliphatic heterocycles. The van der Waals surface area contributed by atoms with Crippen molar-refractivity contribution in [2.45, 2.75) is 12.8 Å². The quantitative estimate of drug-likeness (QED) is 0.335. The Morgan fingerprint density at radius 2 is 2.44 bits per heavy atom. The molecule has 0 unspecified atom stereocenters. The molecule has 0 aliphatic carbocycles. The zero-order valence-corrected chi connectivity index (χ0v) is 5.95. The van der Waals surface area contributed by atoms with Gasteiger partial charge in [-0.15, -0.1) is 17.3 Å². The Hall–Kier alpha value is -0.520. The van der Waals surface area contributed by atoms with Crippen molar-refractivity contribution in [2.75, 3.05) is 5.88 Å². The van der Waals surface area contributed by atoms with Crippen LogP contribution in [0.25, 0.3) is 0 Å². The first-order valence-electron chi connectivity index (χ1n) is 2.76. The standard InChI is InChI=1S/C7H9ClO/c1-2-4-7(9)5-3-6-8/h4H,1,3,5-6H2. The van der Waals surface area contributed by atoms with Crippen molar-refractivity contribution in [2.24, 2.45) is 0 Å². The van der Waals surface area contributed by atoms with Gasteiger partial charge in [0.05, 0.1) is 0 Å². The van der Waals surface area contributed by atoms with Crippen LogP contribution >= 0.6 is 11.6 Å². The Bertz CT molecular complexity index is 134. The van der Waals surface area contributed by atoms with Gasteiger partial charge in [0, 0.05) is 18.4 Å². The zero-order chi connectivity index (χ0) is 7.11. The average Bonchev–Trinajstić information content (AvgIpc) is 1.85. The maximum absolute atomic E-state index is 10.6. The Labute approximate surface area is 60.0 Å². The van der Waals surface area contributed by atoms with Crippen LogP contribution in [0.5, 0.6) is 0 Å². The summed E-state index contributed by atoms with van der Waals surface area (Å²) >= 11 is 5.34. The molecule has 0 radical (unpaired) electrons. The van der Waals surface area contributed by atoms with Gasteiger partial charge < -0.3 is 0 Å². The van der Waals surface area contributed by atoms with Crippen molar-refractivity contribution in [1.29, 1.82) is 0 Å². The molecule has 2 heteroatoms. The number of hydrogen-bond acceptors (Lipinski definition) is 1. The van der Waals surface area contributed by atoms with E-state index in [2.05, 4.69) is 12.3 Å². The predicted octanol–water partition coefficient (Wildman–Crippen LogP) is 1.92. The van der Waals surface area contributed by atoms with Gasteiger partial charge >= 0.3 is 0 Å². The fourth-order valence-corrected chi connectivity index (χ4v) is 0.561. The van der Waals surface area contributed by atoms with Gasteiger partial charge in [-0.05, 0) is 6.42 Å². The summed E-state index contributed by atoms with van der Waals surface area (Å²) in [5, 5.41) is 0. The molecule has 0 spiro atoms. The molecular weight excluding hydrogens is 136 g/mol. The van der Waals surface area contributed by atoms with E-state index in [1.807, 2.05) is 0 Å². The normalized spacial score (nSPS) is 8.11. The highest BCUT2D eigenvalue weighted by Crippen LogP contribution is 1.93. The van der Waals surface area contributed by atoms with E-state index in [1.54, 1.807) is 0 Å². The number of halogens is 1. The summed E-state index contributed by atoms with van der Waals surface area (Å²) < 4.78 is 0. The van der Waals surface area contributed by atoms with Crippen molar-refractivity contribution in [3.8, 4) is 0 Å². The molecule has 0 bridgehead atoms. The van der Waals surface area contributed by atoms with E-state index >= 15 is 0 Å². The van der Waals surface area contributed by atoms with Crippen molar-refractivity contribution < 1.29 is 4.79 Å². The van der Waals surface area contributed by atoms with Crippen molar-refractivity contribution in [3.63, 3.8) is 0 Å². The van der Waals surface area contributed by atoms with Crippen LogP contribution in [0.4, 0.5) is 0 Å². The highest BCUT2D eigenvalue weighted by Gasteiger charge is 1.92. The molecule has 9 heavy (non-hydrogen) atoms. The summed E-state index contributed by atoms with van der Waals surface area (Å²) in [7, 11) is 0. The van der Waals surface area contributed by atoms with E-state index in [4.69, 9.17) is 11.6 Å². The van der Waals surface area contributed by atoms with E-state index in [1.165, 1.54) is 6.08 Å². The molecule has 0 N–H and O–H groups in total. The molecule has 0 heterocycles. The van der Waals surface area contributed by atoms with Crippen molar-refractivity contribution >= 4 is 17.4 Å². The second kappa shape index (κ2) is 5.61. The van der Waals surface area contributed by atoms with Crippen LogP contribution < -0.4 is 0 Å². The molecule has 0 aromatic rings. The lowest BCUT2D eigenvalue weighted by atomic mass is 10.2. The average molecular weight is 145 g/mol. The van der Waals surface area contributed by atoms with Crippen LogP contribution in [0.1, 0.15) is 12.8 Å². The molecule has 50 valence electrons. The first kappa shape index (κ1) is 8.48. The summed E-state index contributed by atoms with van der Waals surface area (Å²) in [4.78, 5) is 10.6. The third-order valence-corrected chi connectivity index (χ3v) is 1.09. The summed E-state index contributed by atoms with van der Waals surface area (Å²) in [6, 6.07) is 0. The summed E-state index contributed by atoms with van der Waals surface area (Å²) in [5.41, 5.74) is 2.41. The number of carbonyl (C=O) groups is 1. The van der Waals surface area contributed by atoms with Gasteiger partial charge in [0.25, 0.3) is 0 Å². The molecule has 0 aromatic carbocycles. The highest BCUT2D eigenvalue weighted by atomic mass is 35.5. The van der Waals surface area contributed by atoms with Crippen LogP contribution in [0, 0.1) is 0 Å². The van der Waals surface area contributed by atoms with E-state index in [9.17, 15) is 4.79 Å². The Morgan fingerprint density at radius 3 is 2.89 bits per heavy atom. The molecule has 0 saturated carbocycles. The third kappa shape index (κ3) is 5.35. The minimum Gasteiger partial charge on any atom is -0.294 e. The van der Waals surface area contributed by atoms with Gasteiger partial charge in [0.2, 0.25) is 0 Å². The van der Waals surface area contributed by atoms with Gasteiger partial charge in [-0.25, -0.2) is 0 Å². The zero-order valence-electron chi connectivity index (χ0n) is 5.19. The first-order chi connectivity index (χ1) is 4.31. The molecule has 0 aromatic heterocycles. The maximum atomic E-state index is 10.6. The lowest BCUT2D eigenvalue weighted by Gasteiger charge is -1.86. The minimum absolute atomic E-state index is 0.0469. The number of hydrogen-bond donors (Lipinski definition) is 0. The second-order valence-corrected chi connectivity index (χ2v) is 1.99. The van der Waals surface area contributed by atoms with Crippen LogP contribution in [-0.2, 0) is 4.79 Å². The lowest BCUT2D eigenvalue weighted by Crippen LogP contribution is -1.91. The smallest absolute Gasteiger partial charge is 0.163 e. The van der Waals surface area contributed by atoms with Gasteiger partial charge in [-0.2, -0.15) is 0 Å². The molecule has 0 rings (SSSR count). The molecule has 0 aliphatic rings. The van der Waals surface area contributed by atoms with Crippen LogP contribution in [0.3, 0.4) is 0 Å². The Kier molecular flexibility index (Phi) is 5.29. The fourth-order valence-electron chi connectivity index (χ4n) is 0.427. The number of alkyl halides is 1. The fraction of sp³-hybridized carbons (Fsp3) is 0.429. The summed E-state index contributed by atoms with van der Waals surface area (Å²) in [5.74, 6) is 0.585. The molecule has 0 atom stereocenters. The van der Waals surface area contributed by atoms with Crippen LogP contribution in [0.15, 0.2) is 18.4 Å². The monoisotopic (exact) mass is 144 g/mol. The van der Waals surface area contributed by atoms with E-state index in [0.717, 1.165) is 6.42 Å². The number of carbonyl (C=O) groups excluding carboxylic acids is 1. The van der Waals surface area contributed by atoms with Gasteiger partial charge in [-0.3, -0.25) is 4.79 Å². The molecule has 0 amide bonds. The van der Waals surface area contributed by atoms with Crippen molar-refractivity contribution in [3.05, 3.63) is 18.4 Å². The number of allylic oxidation sites excluding steroid dienone is 1.